The monoisotopic (exact) mass is 291 g/mol. The zero-order valence-corrected chi connectivity index (χ0v) is 12.2. The summed E-state index contributed by atoms with van der Waals surface area (Å²) in [6, 6.07) is 6.37. The molecule has 5 nitrogen and oxygen atoms in total. The third-order valence-electron chi connectivity index (χ3n) is 4.26. The van der Waals surface area contributed by atoms with Gasteiger partial charge in [-0.15, -0.1) is 0 Å². The molecule has 5 heteroatoms. The van der Waals surface area contributed by atoms with Crippen molar-refractivity contribution < 1.29 is 19.8 Å². The normalized spacial score (nSPS) is 17.5. The van der Waals surface area contributed by atoms with E-state index in [1.54, 1.807) is 17.0 Å². The van der Waals surface area contributed by atoms with E-state index in [2.05, 4.69) is 0 Å². The van der Waals surface area contributed by atoms with Gasteiger partial charge in [0.1, 0.15) is 0 Å². The van der Waals surface area contributed by atoms with E-state index >= 15 is 0 Å². The third-order valence-corrected chi connectivity index (χ3v) is 4.26. The Labute approximate surface area is 124 Å². The van der Waals surface area contributed by atoms with Crippen LogP contribution in [0.2, 0.25) is 0 Å². The van der Waals surface area contributed by atoms with E-state index in [-0.39, 0.29) is 17.9 Å². The number of nitrogens with zero attached hydrogens (tertiary/aromatic N) is 1. The lowest BCUT2D eigenvalue weighted by Gasteiger charge is -2.37. The molecule has 2 rings (SSSR count). The van der Waals surface area contributed by atoms with Crippen molar-refractivity contribution in [3.8, 4) is 0 Å². The first kappa shape index (κ1) is 15.5. The second kappa shape index (κ2) is 6.26. The summed E-state index contributed by atoms with van der Waals surface area (Å²) in [7, 11) is 0. The van der Waals surface area contributed by atoms with Crippen LogP contribution in [0.4, 0.5) is 0 Å². The molecular formula is C16H21NO4. The summed E-state index contributed by atoms with van der Waals surface area (Å²) >= 11 is 0. The first-order valence-corrected chi connectivity index (χ1v) is 7.26. The van der Waals surface area contributed by atoms with Gasteiger partial charge < -0.3 is 15.1 Å². The number of likely N-dealkylation sites (tertiary alicyclic amines) is 1. The van der Waals surface area contributed by atoms with Gasteiger partial charge in [-0.3, -0.25) is 4.79 Å². The van der Waals surface area contributed by atoms with E-state index < -0.39 is 11.6 Å². The number of piperidine rings is 1. The molecule has 0 spiro atoms. The molecule has 0 saturated carbocycles. The van der Waals surface area contributed by atoms with Crippen molar-refractivity contribution in [3.63, 3.8) is 0 Å². The van der Waals surface area contributed by atoms with E-state index in [4.69, 9.17) is 5.11 Å². The highest BCUT2D eigenvalue weighted by Gasteiger charge is 2.31. The van der Waals surface area contributed by atoms with E-state index in [1.165, 1.54) is 12.1 Å². The molecule has 0 bridgehead atoms. The Morgan fingerprint density at radius 3 is 2.24 bits per heavy atom. The number of hydrogen-bond acceptors (Lipinski definition) is 3. The SMILES string of the molecule is CCC1(O)CCN(C(=O)Cc2ccc(C(=O)O)cc2)CC1. The fraction of sp³-hybridized carbons (Fsp3) is 0.500. The maximum Gasteiger partial charge on any atom is 0.335 e. The summed E-state index contributed by atoms with van der Waals surface area (Å²) in [4.78, 5) is 24.8. The van der Waals surface area contributed by atoms with Gasteiger partial charge in [0, 0.05) is 13.1 Å². The maximum atomic E-state index is 12.2. The Kier molecular flexibility index (Phi) is 4.63. The Balaban J connectivity index is 1.92. The predicted molar refractivity (Wildman–Crippen MR) is 78.2 cm³/mol. The predicted octanol–water partition coefficient (Wildman–Crippen LogP) is 1.69. The van der Waals surface area contributed by atoms with Gasteiger partial charge in [-0.25, -0.2) is 4.79 Å². The minimum absolute atomic E-state index is 0.0243. The number of carboxylic acid groups (broad SMARTS) is 1. The van der Waals surface area contributed by atoms with Gasteiger partial charge in [-0.05, 0) is 37.0 Å². The lowest BCUT2D eigenvalue weighted by atomic mass is 9.89. The van der Waals surface area contributed by atoms with Crippen molar-refractivity contribution in [2.45, 2.75) is 38.2 Å². The zero-order chi connectivity index (χ0) is 15.5. The van der Waals surface area contributed by atoms with Gasteiger partial charge in [0.15, 0.2) is 0 Å². The van der Waals surface area contributed by atoms with Crippen LogP contribution in [0.3, 0.4) is 0 Å². The largest absolute Gasteiger partial charge is 0.478 e. The van der Waals surface area contributed by atoms with Crippen LogP contribution in [0, 0.1) is 0 Å². The zero-order valence-electron chi connectivity index (χ0n) is 12.2. The van der Waals surface area contributed by atoms with Crippen molar-refractivity contribution >= 4 is 11.9 Å². The molecule has 0 aromatic heterocycles. The van der Waals surface area contributed by atoms with Gasteiger partial charge in [0.25, 0.3) is 0 Å². The molecule has 1 heterocycles. The van der Waals surface area contributed by atoms with Gasteiger partial charge in [0.05, 0.1) is 17.6 Å². The van der Waals surface area contributed by atoms with Gasteiger partial charge >= 0.3 is 5.97 Å². The molecule has 0 aliphatic carbocycles. The fourth-order valence-electron chi connectivity index (χ4n) is 2.58. The molecule has 0 radical (unpaired) electrons. The summed E-state index contributed by atoms with van der Waals surface area (Å²) in [6.45, 7) is 3.12. The summed E-state index contributed by atoms with van der Waals surface area (Å²) in [5.74, 6) is -0.945. The summed E-state index contributed by atoms with van der Waals surface area (Å²) in [6.07, 6.45) is 2.22. The summed E-state index contributed by atoms with van der Waals surface area (Å²) in [5.41, 5.74) is 0.401. The Bertz CT molecular complexity index is 516. The van der Waals surface area contributed by atoms with Crippen LogP contribution >= 0.6 is 0 Å². The molecule has 1 amide bonds. The van der Waals surface area contributed by atoms with E-state index in [1.807, 2.05) is 6.92 Å². The van der Waals surface area contributed by atoms with Gasteiger partial charge in [0.2, 0.25) is 5.91 Å². The number of hydrogen-bond donors (Lipinski definition) is 2. The molecule has 1 saturated heterocycles. The average Bonchev–Trinajstić information content (AvgIpc) is 2.48. The highest BCUT2D eigenvalue weighted by molar-refractivity contribution is 5.87. The number of aliphatic hydroxyl groups is 1. The maximum absolute atomic E-state index is 12.2. The van der Waals surface area contributed by atoms with Crippen molar-refractivity contribution in [3.05, 3.63) is 35.4 Å². The molecule has 0 unspecified atom stereocenters. The van der Waals surface area contributed by atoms with Crippen molar-refractivity contribution in [1.82, 2.24) is 4.90 Å². The van der Waals surface area contributed by atoms with Gasteiger partial charge in [-0.1, -0.05) is 19.1 Å². The number of carbonyl (C=O) groups excluding carboxylic acids is 1. The fourth-order valence-corrected chi connectivity index (χ4v) is 2.58. The number of carbonyl (C=O) groups is 2. The number of amides is 1. The first-order valence-electron chi connectivity index (χ1n) is 7.26. The molecule has 1 aliphatic rings. The highest BCUT2D eigenvalue weighted by Crippen LogP contribution is 2.25. The topological polar surface area (TPSA) is 77.8 Å². The third kappa shape index (κ3) is 3.82. The minimum atomic E-state index is -0.970. The first-order chi connectivity index (χ1) is 9.93. The van der Waals surface area contributed by atoms with Crippen LogP contribution in [0.25, 0.3) is 0 Å². The number of rotatable bonds is 4. The number of benzene rings is 1. The molecule has 114 valence electrons. The van der Waals surface area contributed by atoms with Crippen LogP contribution in [-0.4, -0.2) is 45.7 Å². The van der Waals surface area contributed by atoms with Crippen LogP contribution < -0.4 is 0 Å². The minimum Gasteiger partial charge on any atom is -0.478 e. The quantitative estimate of drug-likeness (QED) is 0.885. The molecule has 1 aromatic rings. The van der Waals surface area contributed by atoms with E-state index in [0.717, 1.165) is 5.56 Å². The summed E-state index contributed by atoms with van der Waals surface area (Å²) in [5, 5.41) is 19.0. The van der Waals surface area contributed by atoms with Crippen molar-refractivity contribution in [1.29, 1.82) is 0 Å². The van der Waals surface area contributed by atoms with E-state index in [0.29, 0.717) is 32.4 Å². The Morgan fingerprint density at radius 1 is 1.19 bits per heavy atom. The standard InChI is InChI=1S/C16H21NO4/c1-2-16(21)7-9-17(10-8-16)14(18)11-12-3-5-13(6-4-12)15(19)20/h3-6,21H,2,7-11H2,1H3,(H,19,20). The summed E-state index contributed by atoms with van der Waals surface area (Å²) < 4.78 is 0. The van der Waals surface area contributed by atoms with Crippen molar-refractivity contribution in [2.75, 3.05) is 13.1 Å². The number of carboxylic acids is 1. The molecule has 1 fully saturated rings. The lowest BCUT2D eigenvalue weighted by molar-refractivity contribution is -0.134. The molecule has 1 aliphatic heterocycles. The lowest BCUT2D eigenvalue weighted by Crippen LogP contribution is -2.46. The molecule has 0 atom stereocenters. The second-order valence-electron chi connectivity index (χ2n) is 5.64. The van der Waals surface area contributed by atoms with Crippen LogP contribution in [0.5, 0.6) is 0 Å². The molecule has 1 aromatic carbocycles. The van der Waals surface area contributed by atoms with Crippen LogP contribution in [-0.2, 0) is 11.2 Å². The molecule has 2 N–H and O–H groups in total. The van der Waals surface area contributed by atoms with Gasteiger partial charge in [-0.2, -0.15) is 0 Å². The molecule has 21 heavy (non-hydrogen) atoms. The smallest absolute Gasteiger partial charge is 0.335 e. The number of aromatic carboxylic acids is 1. The Hall–Kier alpha value is -1.88. The van der Waals surface area contributed by atoms with E-state index in [9.17, 15) is 14.7 Å². The second-order valence-corrected chi connectivity index (χ2v) is 5.64. The highest BCUT2D eigenvalue weighted by atomic mass is 16.4. The van der Waals surface area contributed by atoms with Crippen molar-refractivity contribution in [2.24, 2.45) is 0 Å². The Morgan fingerprint density at radius 2 is 1.76 bits per heavy atom. The van der Waals surface area contributed by atoms with Crippen LogP contribution in [0.1, 0.15) is 42.1 Å². The van der Waals surface area contributed by atoms with Crippen LogP contribution in [0.15, 0.2) is 24.3 Å². The average molecular weight is 291 g/mol. The molecular weight excluding hydrogens is 270 g/mol.